The molecule has 0 spiro atoms. The number of piperidine rings is 1. The summed E-state index contributed by atoms with van der Waals surface area (Å²) in [4.78, 5) is 20.1. The van der Waals surface area contributed by atoms with Gasteiger partial charge in [-0.1, -0.05) is 19.4 Å². The maximum Gasteiger partial charge on any atom is 0.228 e. The molecule has 1 aromatic heterocycles. The fraction of sp³-hybridized carbons (Fsp3) is 0.769. The quantitative estimate of drug-likeness (QED) is 0.709. The Hall–Kier alpha value is -1.49. The molecule has 4 aliphatic carbocycles. The molecule has 0 radical (unpaired) electrons. The van der Waals surface area contributed by atoms with Crippen molar-refractivity contribution in [3.8, 4) is 0 Å². The third-order valence-electron chi connectivity index (χ3n) is 9.05. The third-order valence-corrected chi connectivity index (χ3v) is 9.05. The Balaban J connectivity index is 1.17. The van der Waals surface area contributed by atoms with E-state index in [-0.39, 0.29) is 5.41 Å². The van der Waals surface area contributed by atoms with Crippen molar-refractivity contribution in [1.82, 2.24) is 15.2 Å². The van der Waals surface area contributed by atoms with Crippen LogP contribution in [0.5, 0.6) is 0 Å². The number of likely N-dealkylation sites (tertiary alicyclic amines) is 1. The van der Waals surface area contributed by atoms with E-state index in [1.54, 1.807) is 0 Å². The second-order valence-electron chi connectivity index (χ2n) is 11.5. The molecule has 4 bridgehead atoms. The van der Waals surface area contributed by atoms with Crippen LogP contribution < -0.4 is 5.32 Å². The molecule has 0 aromatic carbocycles. The SMILES string of the molecule is CCC12C[C@H]3C[C@@H](C1)CC(C(=O)N1CCC(F)(CNCc4ccc(C)cn4)CC1)(C3)C2. The number of hydrogen-bond donors (Lipinski definition) is 1. The maximum absolute atomic E-state index is 15.4. The van der Waals surface area contributed by atoms with E-state index in [1.165, 1.54) is 25.7 Å². The van der Waals surface area contributed by atoms with E-state index in [0.29, 0.717) is 50.3 Å². The topological polar surface area (TPSA) is 45.2 Å². The molecule has 4 nitrogen and oxygen atoms in total. The summed E-state index contributed by atoms with van der Waals surface area (Å²) in [6.07, 6.45) is 11.2. The van der Waals surface area contributed by atoms with Gasteiger partial charge in [-0.3, -0.25) is 9.78 Å². The van der Waals surface area contributed by atoms with E-state index in [2.05, 4.69) is 17.2 Å². The summed E-state index contributed by atoms with van der Waals surface area (Å²) in [5.41, 5.74) is 1.12. The van der Waals surface area contributed by atoms with Crippen LogP contribution in [-0.4, -0.2) is 41.1 Å². The molecule has 31 heavy (non-hydrogen) atoms. The van der Waals surface area contributed by atoms with E-state index in [0.717, 1.165) is 42.4 Å². The fourth-order valence-corrected chi connectivity index (χ4v) is 7.76. The molecule has 1 aromatic rings. The number of alkyl halides is 1. The zero-order valence-corrected chi connectivity index (χ0v) is 19.3. The minimum absolute atomic E-state index is 0.133. The lowest BCUT2D eigenvalue weighted by molar-refractivity contribution is -0.170. The molecule has 4 saturated carbocycles. The van der Waals surface area contributed by atoms with Gasteiger partial charge < -0.3 is 10.2 Å². The van der Waals surface area contributed by atoms with E-state index >= 15 is 4.39 Å². The summed E-state index contributed by atoms with van der Waals surface area (Å²) in [7, 11) is 0. The van der Waals surface area contributed by atoms with Crippen LogP contribution in [0.25, 0.3) is 0 Å². The predicted octanol–water partition coefficient (Wildman–Crippen LogP) is 4.81. The number of nitrogens with zero attached hydrogens (tertiary/aromatic N) is 2. The van der Waals surface area contributed by atoms with Crippen LogP contribution in [0, 0.1) is 29.6 Å². The predicted molar refractivity (Wildman–Crippen MR) is 120 cm³/mol. The van der Waals surface area contributed by atoms with Gasteiger partial charge in [0, 0.05) is 45.2 Å². The number of aryl methyl sites for hydroxylation is 1. The number of pyridine rings is 1. The molecule has 2 unspecified atom stereocenters. The van der Waals surface area contributed by atoms with Crippen LogP contribution in [-0.2, 0) is 11.3 Å². The molecule has 5 aliphatic rings. The number of hydrogen-bond acceptors (Lipinski definition) is 3. The highest BCUT2D eigenvalue weighted by Crippen LogP contribution is 2.66. The first-order chi connectivity index (χ1) is 14.8. The molecular weight excluding hydrogens is 389 g/mol. The Kier molecular flexibility index (Phi) is 5.39. The van der Waals surface area contributed by atoms with Crippen molar-refractivity contribution in [3.05, 3.63) is 29.6 Å². The Morgan fingerprint density at radius 2 is 1.90 bits per heavy atom. The molecule has 5 fully saturated rings. The smallest absolute Gasteiger partial charge is 0.228 e. The van der Waals surface area contributed by atoms with Gasteiger partial charge in [-0.05, 0) is 74.3 Å². The Morgan fingerprint density at radius 1 is 1.19 bits per heavy atom. The zero-order valence-electron chi connectivity index (χ0n) is 19.3. The number of carbonyl (C=O) groups is 1. The van der Waals surface area contributed by atoms with Crippen molar-refractivity contribution in [1.29, 1.82) is 0 Å². The van der Waals surface area contributed by atoms with Gasteiger partial charge in [0.25, 0.3) is 0 Å². The van der Waals surface area contributed by atoms with Gasteiger partial charge in [-0.25, -0.2) is 4.39 Å². The summed E-state index contributed by atoms with van der Waals surface area (Å²) < 4.78 is 15.4. The highest BCUT2D eigenvalue weighted by atomic mass is 19.1. The zero-order chi connectivity index (χ0) is 21.7. The van der Waals surface area contributed by atoms with Gasteiger partial charge in [-0.15, -0.1) is 0 Å². The van der Waals surface area contributed by atoms with Crippen LogP contribution in [0.15, 0.2) is 18.3 Å². The van der Waals surface area contributed by atoms with Crippen LogP contribution in [0.1, 0.15) is 76.0 Å². The monoisotopic (exact) mass is 427 g/mol. The van der Waals surface area contributed by atoms with E-state index in [9.17, 15) is 4.79 Å². The number of amides is 1. The second-order valence-corrected chi connectivity index (χ2v) is 11.5. The van der Waals surface area contributed by atoms with Crippen LogP contribution in [0.2, 0.25) is 0 Å². The molecular formula is C26H38FN3O. The first kappa shape index (κ1) is 21.4. The Morgan fingerprint density at radius 3 is 2.52 bits per heavy atom. The van der Waals surface area contributed by atoms with Crippen molar-refractivity contribution in [2.24, 2.45) is 22.7 Å². The molecule has 4 atom stereocenters. The van der Waals surface area contributed by atoms with Crippen molar-refractivity contribution < 1.29 is 9.18 Å². The first-order valence-electron chi connectivity index (χ1n) is 12.4. The van der Waals surface area contributed by atoms with Gasteiger partial charge in [0.05, 0.1) is 11.1 Å². The lowest BCUT2D eigenvalue weighted by Crippen LogP contribution is -2.59. The Bertz CT molecular complexity index is 800. The molecule has 170 valence electrons. The first-order valence-corrected chi connectivity index (χ1v) is 12.4. The van der Waals surface area contributed by atoms with Crippen LogP contribution >= 0.6 is 0 Å². The second kappa shape index (κ2) is 7.83. The number of halogens is 1. The number of rotatable bonds is 6. The van der Waals surface area contributed by atoms with Gasteiger partial charge in [0.1, 0.15) is 5.67 Å². The average molecular weight is 428 g/mol. The standard InChI is InChI=1S/C26H38FN3O/c1-3-24-11-20-10-21(12-24)14-25(13-20,17-24)23(31)30-8-6-26(27,7-9-30)18-28-16-22-5-4-19(2)15-29-22/h4-5,15,20-21,28H,3,6-14,16-18H2,1-2H3/t20-,21+,24?,25?. The van der Waals surface area contributed by atoms with Crippen molar-refractivity contribution in [3.63, 3.8) is 0 Å². The summed E-state index contributed by atoms with van der Waals surface area (Å²) >= 11 is 0. The van der Waals surface area contributed by atoms with Gasteiger partial charge in [-0.2, -0.15) is 0 Å². The normalized spacial score (nSPS) is 36.0. The highest BCUT2D eigenvalue weighted by molar-refractivity contribution is 5.83. The fourth-order valence-electron chi connectivity index (χ4n) is 7.76. The van der Waals surface area contributed by atoms with E-state index < -0.39 is 5.67 Å². The minimum Gasteiger partial charge on any atom is -0.342 e. The number of aromatic nitrogens is 1. The highest BCUT2D eigenvalue weighted by Gasteiger charge is 2.60. The van der Waals surface area contributed by atoms with Crippen LogP contribution in [0.4, 0.5) is 4.39 Å². The summed E-state index contributed by atoms with van der Waals surface area (Å²) in [5.74, 6) is 1.85. The van der Waals surface area contributed by atoms with Gasteiger partial charge in [0.15, 0.2) is 0 Å². The molecule has 1 saturated heterocycles. The molecule has 2 heterocycles. The molecule has 1 aliphatic heterocycles. The van der Waals surface area contributed by atoms with Crippen molar-refractivity contribution >= 4 is 5.91 Å². The number of carbonyl (C=O) groups excluding carboxylic acids is 1. The van der Waals surface area contributed by atoms with E-state index in [1.807, 2.05) is 30.2 Å². The lowest BCUT2D eigenvalue weighted by atomic mass is 9.43. The molecule has 1 amide bonds. The molecule has 6 rings (SSSR count). The van der Waals surface area contributed by atoms with Crippen molar-refractivity contribution in [2.45, 2.75) is 83.8 Å². The largest absolute Gasteiger partial charge is 0.342 e. The minimum atomic E-state index is -1.23. The summed E-state index contributed by atoms with van der Waals surface area (Å²) in [6.45, 7) is 6.38. The maximum atomic E-state index is 15.4. The number of nitrogens with one attached hydrogen (secondary N) is 1. The lowest BCUT2D eigenvalue weighted by Gasteiger charge is -2.62. The molecule has 5 heteroatoms. The van der Waals surface area contributed by atoms with Gasteiger partial charge >= 0.3 is 0 Å². The molecule has 1 N–H and O–H groups in total. The van der Waals surface area contributed by atoms with Gasteiger partial charge in [0.2, 0.25) is 5.91 Å². The summed E-state index contributed by atoms with van der Waals surface area (Å²) in [6, 6.07) is 4.02. The third kappa shape index (κ3) is 4.03. The summed E-state index contributed by atoms with van der Waals surface area (Å²) in [5, 5.41) is 3.26. The average Bonchev–Trinajstić information content (AvgIpc) is 2.74. The Labute approximate surface area is 186 Å². The van der Waals surface area contributed by atoms with Crippen molar-refractivity contribution in [2.75, 3.05) is 19.6 Å². The van der Waals surface area contributed by atoms with Crippen LogP contribution in [0.3, 0.4) is 0 Å². The van der Waals surface area contributed by atoms with E-state index in [4.69, 9.17) is 0 Å².